The maximum atomic E-state index is 6.21. The molecule has 0 aromatic heterocycles. The predicted octanol–water partition coefficient (Wildman–Crippen LogP) is 6.59. The third kappa shape index (κ3) is 4.27. The minimum Gasteiger partial charge on any atom is -0.399 e. The van der Waals surface area contributed by atoms with Crippen molar-refractivity contribution in [3.8, 4) is 11.1 Å². The van der Waals surface area contributed by atoms with Crippen LogP contribution in [0.2, 0.25) is 0 Å². The lowest BCUT2D eigenvalue weighted by atomic mass is 9.84. The molecule has 0 radical (unpaired) electrons. The Morgan fingerprint density at radius 2 is 1.48 bits per heavy atom. The SMILES string of the molecule is Br.CCCCCCN1c2cc(N)ccc2-c2ccc(N)cc2C1c1ccccc1. The number of fused-ring (bicyclic) bond motifs is 3. The third-order valence-corrected chi connectivity index (χ3v) is 5.67. The summed E-state index contributed by atoms with van der Waals surface area (Å²) in [6.07, 6.45) is 4.93. The molecule has 0 saturated heterocycles. The van der Waals surface area contributed by atoms with Crippen molar-refractivity contribution in [1.82, 2.24) is 0 Å². The van der Waals surface area contributed by atoms with E-state index in [0.717, 1.165) is 17.9 Å². The highest BCUT2D eigenvalue weighted by Crippen LogP contribution is 2.48. The van der Waals surface area contributed by atoms with Gasteiger partial charge in [-0.05, 0) is 47.4 Å². The number of halogens is 1. The van der Waals surface area contributed by atoms with Gasteiger partial charge in [-0.25, -0.2) is 0 Å². The molecule has 4 rings (SSSR count). The molecule has 3 aromatic carbocycles. The number of unbranched alkanes of at least 4 members (excludes halogenated alkanes) is 3. The van der Waals surface area contributed by atoms with Crippen molar-refractivity contribution >= 4 is 34.0 Å². The lowest BCUT2D eigenvalue weighted by Gasteiger charge is -2.41. The van der Waals surface area contributed by atoms with E-state index < -0.39 is 0 Å². The second kappa shape index (κ2) is 9.36. The van der Waals surface area contributed by atoms with Crippen molar-refractivity contribution in [2.45, 2.75) is 38.6 Å². The van der Waals surface area contributed by atoms with Crippen molar-refractivity contribution in [2.75, 3.05) is 22.9 Å². The van der Waals surface area contributed by atoms with E-state index in [0.29, 0.717) is 0 Å². The molecule has 3 aromatic rings. The highest BCUT2D eigenvalue weighted by molar-refractivity contribution is 8.93. The fourth-order valence-electron chi connectivity index (χ4n) is 4.33. The van der Waals surface area contributed by atoms with E-state index in [4.69, 9.17) is 11.5 Å². The van der Waals surface area contributed by atoms with Gasteiger partial charge < -0.3 is 16.4 Å². The van der Waals surface area contributed by atoms with Gasteiger partial charge in [-0.15, -0.1) is 17.0 Å². The second-order valence-electron chi connectivity index (χ2n) is 7.69. The summed E-state index contributed by atoms with van der Waals surface area (Å²) in [7, 11) is 0. The van der Waals surface area contributed by atoms with Gasteiger partial charge in [0, 0.05) is 29.2 Å². The van der Waals surface area contributed by atoms with Gasteiger partial charge in [-0.3, -0.25) is 0 Å². The normalized spacial score (nSPS) is 14.7. The van der Waals surface area contributed by atoms with Crippen molar-refractivity contribution in [1.29, 1.82) is 0 Å². The topological polar surface area (TPSA) is 55.3 Å². The Kier molecular flexibility index (Phi) is 6.86. The van der Waals surface area contributed by atoms with Crippen LogP contribution in [0, 0.1) is 0 Å². The number of hydrogen-bond acceptors (Lipinski definition) is 3. The maximum Gasteiger partial charge on any atom is 0.0802 e. The maximum absolute atomic E-state index is 6.21. The summed E-state index contributed by atoms with van der Waals surface area (Å²) >= 11 is 0. The molecule has 1 aliphatic heterocycles. The summed E-state index contributed by atoms with van der Waals surface area (Å²) < 4.78 is 0. The Morgan fingerprint density at radius 1 is 0.793 bits per heavy atom. The Balaban J connectivity index is 0.00000240. The van der Waals surface area contributed by atoms with E-state index in [9.17, 15) is 0 Å². The van der Waals surface area contributed by atoms with Crippen LogP contribution in [0.4, 0.5) is 17.1 Å². The van der Waals surface area contributed by atoms with Crippen LogP contribution in [0.15, 0.2) is 66.7 Å². The summed E-state index contributed by atoms with van der Waals surface area (Å²) in [6, 6.07) is 23.5. The van der Waals surface area contributed by atoms with Crippen LogP contribution in [-0.2, 0) is 0 Å². The average molecular weight is 452 g/mol. The van der Waals surface area contributed by atoms with Gasteiger partial charge in [0.25, 0.3) is 0 Å². The molecule has 1 aliphatic rings. The molecule has 0 amide bonds. The van der Waals surface area contributed by atoms with Gasteiger partial charge in [0.2, 0.25) is 0 Å². The molecular weight excluding hydrogens is 422 g/mol. The molecule has 152 valence electrons. The molecule has 1 unspecified atom stereocenters. The standard InChI is InChI=1S/C25H29N3.BrH/c1-2-3-4-8-15-28-24-17-20(27)12-14-22(24)21-13-11-19(26)16-23(21)25(28)18-9-6-5-7-10-18;/h5-7,9-14,16-17,25H,2-4,8,15,26-27H2,1H3;1H. The Bertz CT molecular complexity index is 956. The number of nitrogens with zero attached hydrogens (tertiary/aromatic N) is 1. The first-order valence-electron chi connectivity index (χ1n) is 10.3. The van der Waals surface area contributed by atoms with Crippen molar-refractivity contribution in [3.63, 3.8) is 0 Å². The van der Waals surface area contributed by atoms with Gasteiger partial charge >= 0.3 is 0 Å². The van der Waals surface area contributed by atoms with Crippen molar-refractivity contribution in [3.05, 3.63) is 77.9 Å². The quantitative estimate of drug-likeness (QED) is 0.328. The van der Waals surface area contributed by atoms with E-state index in [2.05, 4.69) is 66.4 Å². The molecule has 3 nitrogen and oxygen atoms in total. The lowest BCUT2D eigenvalue weighted by Crippen LogP contribution is -2.34. The molecule has 0 saturated carbocycles. The molecule has 0 bridgehead atoms. The first-order valence-corrected chi connectivity index (χ1v) is 10.3. The van der Waals surface area contributed by atoms with E-state index in [1.54, 1.807) is 0 Å². The Labute approximate surface area is 184 Å². The molecule has 4 N–H and O–H groups in total. The van der Waals surface area contributed by atoms with E-state index in [-0.39, 0.29) is 23.0 Å². The monoisotopic (exact) mass is 451 g/mol. The average Bonchev–Trinajstić information content (AvgIpc) is 2.71. The van der Waals surface area contributed by atoms with E-state index >= 15 is 0 Å². The van der Waals surface area contributed by atoms with Crippen LogP contribution in [0.1, 0.15) is 49.8 Å². The molecular formula is C25H30BrN3. The second-order valence-corrected chi connectivity index (χ2v) is 7.69. The number of anilines is 3. The molecule has 0 spiro atoms. The van der Waals surface area contributed by atoms with Gasteiger partial charge in [-0.1, -0.05) is 68.7 Å². The Morgan fingerprint density at radius 3 is 2.21 bits per heavy atom. The number of hydrogen-bond donors (Lipinski definition) is 2. The molecule has 29 heavy (non-hydrogen) atoms. The van der Waals surface area contributed by atoms with Crippen molar-refractivity contribution < 1.29 is 0 Å². The molecule has 0 fully saturated rings. The summed E-state index contributed by atoms with van der Waals surface area (Å²) in [4.78, 5) is 2.53. The van der Waals surface area contributed by atoms with E-state index in [1.165, 1.54) is 53.6 Å². The molecule has 1 atom stereocenters. The zero-order chi connectivity index (χ0) is 19.5. The predicted molar refractivity (Wildman–Crippen MR) is 131 cm³/mol. The van der Waals surface area contributed by atoms with Gasteiger partial charge in [0.05, 0.1) is 6.04 Å². The van der Waals surface area contributed by atoms with Crippen molar-refractivity contribution in [2.24, 2.45) is 0 Å². The molecule has 1 heterocycles. The summed E-state index contributed by atoms with van der Waals surface area (Å²) in [5, 5.41) is 0. The van der Waals surface area contributed by atoms with Crippen LogP contribution in [0.25, 0.3) is 11.1 Å². The first-order chi connectivity index (χ1) is 13.7. The summed E-state index contributed by atoms with van der Waals surface area (Å²) in [6.45, 7) is 3.26. The summed E-state index contributed by atoms with van der Waals surface area (Å²) in [5.41, 5.74) is 20.3. The van der Waals surface area contributed by atoms with Crippen LogP contribution in [-0.4, -0.2) is 6.54 Å². The highest BCUT2D eigenvalue weighted by Gasteiger charge is 2.32. The number of nitrogen functional groups attached to an aromatic ring is 2. The van der Waals surface area contributed by atoms with Crippen LogP contribution >= 0.6 is 17.0 Å². The molecule has 4 heteroatoms. The number of rotatable bonds is 6. The largest absolute Gasteiger partial charge is 0.399 e. The Hall–Kier alpha value is -2.46. The number of nitrogens with two attached hydrogens (primary N) is 2. The fraction of sp³-hybridized carbons (Fsp3) is 0.280. The van der Waals surface area contributed by atoms with Crippen LogP contribution in [0.5, 0.6) is 0 Å². The zero-order valence-corrected chi connectivity index (χ0v) is 18.7. The molecule has 0 aliphatic carbocycles. The highest BCUT2D eigenvalue weighted by atomic mass is 79.9. The first kappa shape index (κ1) is 21.3. The van der Waals surface area contributed by atoms with Gasteiger partial charge in [0.15, 0.2) is 0 Å². The zero-order valence-electron chi connectivity index (χ0n) is 17.0. The van der Waals surface area contributed by atoms with E-state index in [1.807, 2.05) is 12.1 Å². The third-order valence-electron chi connectivity index (χ3n) is 5.67. The summed E-state index contributed by atoms with van der Waals surface area (Å²) in [5.74, 6) is 0. The van der Waals surface area contributed by atoms with Gasteiger partial charge in [0.1, 0.15) is 0 Å². The smallest absolute Gasteiger partial charge is 0.0802 e. The minimum absolute atomic E-state index is 0. The van der Waals surface area contributed by atoms with Crippen LogP contribution in [0.3, 0.4) is 0 Å². The number of benzene rings is 3. The van der Waals surface area contributed by atoms with Gasteiger partial charge in [-0.2, -0.15) is 0 Å². The van der Waals surface area contributed by atoms with Crippen LogP contribution < -0.4 is 16.4 Å². The lowest BCUT2D eigenvalue weighted by molar-refractivity contribution is 0.613. The fourth-order valence-corrected chi connectivity index (χ4v) is 4.33. The minimum atomic E-state index is 0.